The minimum absolute atomic E-state index is 0.224. The van der Waals surface area contributed by atoms with Crippen molar-refractivity contribution in [2.45, 2.75) is 30.3 Å². The van der Waals surface area contributed by atoms with E-state index in [0.717, 1.165) is 0 Å². The van der Waals surface area contributed by atoms with Crippen LogP contribution in [0.1, 0.15) is 23.2 Å². The highest BCUT2D eigenvalue weighted by Gasteiger charge is 2.42. The monoisotopic (exact) mass is 348 g/mol. The first kappa shape index (κ1) is 17.5. The molecule has 0 bridgehead atoms. The zero-order valence-corrected chi connectivity index (χ0v) is 13.2. The minimum Gasteiger partial charge on any atom is -0.480 e. The lowest BCUT2D eigenvalue weighted by molar-refractivity contribution is -0.138. The van der Waals surface area contributed by atoms with E-state index in [1.54, 1.807) is 18.2 Å². The zero-order chi connectivity index (χ0) is 18.3. The Kier molecular flexibility index (Phi) is 4.58. The maximum Gasteiger partial charge on any atom is 0.325 e. The highest BCUT2D eigenvalue weighted by Crippen LogP contribution is 2.34. The Hall–Kier alpha value is -2.30. The number of aromatic nitrogens is 1. The number of aliphatic carboxylic acids is 1. The Morgan fingerprint density at radius 1 is 1.24 bits per heavy atom. The number of carboxylic acids is 1. The molecule has 134 valence electrons. The van der Waals surface area contributed by atoms with Gasteiger partial charge in [-0.3, -0.25) is 4.79 Å². The molecule has 9 nitrogen and oxygen atoms in total. The number of nitrogens with one attached hydrogen (secondary N) is 1. The third-order valence-corrected chi connectivity index (χ3v) is 4.57. The van der Waals surface area contributed by atoms with Crippen molar-refractivity contribution in [3.63, 3.8) is 0 Å². The van der Waals surface area contributed by atoms with E-state index in [1.807, 2.05) is 0 Å². The smallest absolute Gasteiger partial charge is 0.325 e. The number of hydrogen-bond acceptors (Lipinski definition) is 8. The summed E-state index contributed by atoms with van der Waals surface area (Å²) in [6, 6.07) is 3.70. The molecular weight excluding hydrogens is 328 g/mol. The summed E-state index contributed by atoms with van der Waals surface area (Å²) in [5.41, 5.74) is 12.8. The fourth-order valence-electron chi connectivity index (χ4n) is 3.23. The third-order valence-electron chi connectivity index (χ3n) is 4.57. The van der Waals surface area contributed by atoms with Crippen molar-refractivity contribution in [3.05, 3.63) is 35.4 Å². The van der Waals surface area contributed by atoms with Gasteiger partial charge in [-0.05, 0) is 23.3 Å². The Balaban J connectivity index is 2.16. The molecule has 9 heteroatoms. The van der Waals surface area contributed by atoms with Crippen LogP contribution >= 0.6 is 0 Å². The van der Waals surface area contributed by atoms with Crippen molar-refractivity contribution in [2.75, 3.05) is 12.3 Å². The molecule has 0 saturated carbocycles. The molecule has 3 rings (SSSR count). The average Bonchev–Trinajstić information content (AvgIpc) is 2.88. The molecule has 1 saturated heterocycles. The van der Waals surface area contributed by atoms with Gasteiger partial charge >= 0.3 is 5.97 Å². The number of benzene rings is 1. The molecule has 1 fully saturated rings. The van der Waals surface area contributed by atoms with Crippen LogP contribution in [0.5, 0.6) is 0 Å². The molecule has 2 aromatic rings. The van der Waals surface area contributed by atoms with E-state index in [4.69, 9.17) is 11.5 Å². The number of aliphatic hydroxyl groups excluding tert-OH is 3. The van der Waals surface area contributed by atoms with E-state index in [9.17, 15) is 25.2 Å². The fourth-order valence-corrected chi connectivity index (χ4v) is 3.23. The van der Waals surface area contributed by atoms with E-state index < -0.39 is 36.3 Å². The fraction of sp³-hybridized carbons (Fsp3) is 0.375. The number of hydrogen-bond donors (Lipinski definition) is 7. The van der Waals surface area contributed by atoms with Crippen molar-refractivity contribution in [1.29, 1.82) is 0 Å². The van der Waals surface area contributed by atoms with Crippen LogP contribution in [-0.2, 0) is 4.79 Å². The summed E-state index contributed by atoms with van der Waals surface area (Å²) in [4.78, 5) is 15.5. The van der Waals surface area contributed by atoms with Gasteiger partial charge in [-0.15, -0.1) is 0 Å². The van der Waals surface area contributed by atoms with Crippen LogP contribution in [0, 0.1) is 0 Å². The average molecular weight is 348 g/mol. The van der Waals surface area contributed by atoms with E-state index in [-0.39, 0.29) is 12.4 Å². The van der Waals surface area contributed by atoms with Crippen LogP contribution in [0.25, 0.3) is 10.9 Å². The molecule has 1 aromatic carbocycles. The third kappa shape index (κ3) is 2.92. The number of anilines is 1. The van der Waals surface area contributed by atoms with Crippen molar-refractivity contribution in [3.8, 4) is 0 Å². The molecule has 0 radical (unpaired) electrons. The normalized spacial score (nSPS) is 27.5. The molecular formula is C16H20N4O5. The van der Waals surface area contributed by atoms with Crippen LogP contribution < -0.4 is 16.8 Å². The van der Waals surface area contributed by atoms with Crippen LogP contribution in [0.3, 0.4) is 0 Å². The molecule has 0 spiro atoms. The molecule has 0 amide bonds. The number of fused-ring (bicyclic) bond motifs is 1. The lowest BCUT2D eigenvalue weighted by Gasteiger charge is -2.20. The van der Waals surface area contributed by atoms with E-state index >= 15 is 0 Å². The lowest BCUT2D eigenvalue weighted by Crippen LogP contribution is -2.35. The van der Waals surface area contributed by atoms with E-state index in [0.29, 0.717) is 22.0 Å². The predicted octanol–water partition coefficient (Wildman–Crippen LogP) is -1.37. The van der Waals surface area contributed by atoms with Crippen LogP contribution in [-0.4, -0.2) is 56.2 Å². The Labute approximate surface area is 142 Å². The van der Waals surface area contributed by atoms with Gasteiger partial charge in [0.15, 0.2) is 0 Å². The summed E-state index contributed by atoms with van der Waals surface area (Å²) >= 11 is 0. The Morgan fingerprint density at radius 2 is 1.96 bits per heavy atom. The van der Waals surface area contributed by atoms with Gasteiger partial charge in [0, 0.05) is 5.39 Å². The second-order valence-electron chi connectivity index (χ2n) is 6.11. The highest BCUT2D eigenvalue weighted by molar-refractivity contribution is 5.91. The summed E-state index contributed by atoms with van der Waals surface area (Å²) in [6.45, 7) is -0.343. The number of aliphatic hydroxyl groups is 3. The topological polar surface area (TPSA) is 175 Å². The minimum atomic E-state index is -1.24. The van der Waals surface area contributed by atoms with Gasteiger partial charge in [0.25, 0.3) is 0 Å². The van der Waals surface area contributed by atoms with E-state index in [1.165, 1.54) is 6.07 Å². The second-order valence-corrected chi connectivity index (χ2v) is 6.11. The van der Waals surface area contributed by atoms with Crippen molar-refractivity contribution in [1.82, 2.24) is 10.3 Å². The van der Waals surface area contributed by atoms with Crippen molar-refractivity contribution < 1.29 is 25.2 Å². The molecule has 0 aliphatic carbocycles. The maximum absolute atomic E-state index is 11.2. The number of nitrogens with two attached hydrogens (primary N) is 2. The van der Waals surface area contributed by atoms with Gasteiger partial charge in [-0.25, -0.2) is 4.98 Å². The van der Waals surface area contributed by atoms with Crippen molar-refractivity contribution in [2.24, 2.45) is 5.73 Å². The number of carbonyl (C=O) groups is 1. The summed E-state index contributed by atoms with van der Waals surface area (Å²) in [6.07, 6.45) is -2.31. The van der Waals surface area contributed by atoms with Gasteiger partial charge in [-0.2, -0.15) is 0 Å². The molecule has 1 unspecified atom stereocenters. The first-order chi connectivity index (χ1) is 11.8. The standard InChI is InChI=1S/C16H20N4O5/c17-10-4-3-7-6(11(18)16(24)25)1-2-8(12(7)20-10)13-15(23)14(22)9(5-21)19-13/h1-4,9,11,13-15,19,21-23H,5,18H2,(H2,17,20)(H,24,25)/t9-,11?,13+,14-,15+/m1/s1. The Morgan fingerprint density at radius 3 is 2.56 bits per heavy atom. The second kappa shape index (κ2) is 6.54. The van der Waals surface area contributed by atoms with Gasteiger partial charge in [0.05, 0.1) is 30.3 Å². The molecule has 1 aliphatic rings. The molecule has 2 heterocycles. The van der Waals surface area contributed by atoms with Gasteiger partial charge < -0.3 is 37.2 Å². The van der Waals surface area contributed by atoms with Gasteiger partial charge in [0.2, 0.25) is 0 Å². The molecule has 9 N–H and O–H groups in total. The number of carboxylic acid groups (broad SMARTS) is 1. The zero-order valence-electron chi connectivity index (χ0n) is 13.2. The molecule has 25 heavy (non-hydrogen) atoms. The van der Waals surface area contributed by atoms with Crippen LogP contribution in [0.4, 0.5) is 5.82 Å². The highest BCUT2D eigenvalue weighted by atomic mass is 16.4. The van der Waals surface area contributed by atoms with Crippen LogP contribution in [0.15, 0.2) is 24.3 Å². The first-order valence-corrected chi connectivity index (χ1v) is 7.75. The maximum atomic E-state index is 11.2. The SMILES string of the molecule is Nc1ccc2c(C(N)C(=O)O)ccc([C@@H]3N[C@H](CO)[C@@H](O)[C@H]3O)c2n1. The summed E-state index contributed by atoms with van der Waals surface area (Å²) in [5.74, 6) is -0.956. The Bertz CT molecular complexity index is 814. The van der Waals surface area contributed by atoms with Crippen LogP contribution in [0.2, 0.25) is 0 Å². The number of pyridine rings is 1. The van der Waals surface area contributed by atoms with Gasteiger partial charge in [0.1, 0.15) is 18.0 Å². The van der Waals surface area contributed by atoms with E-state index in [2.05, 4.69) is 10.3 Å². The number of nitrogens with zero attached hydrogens (tertiary/aromatic N) is 1. The largest absolute Gasteiger partial charge is 0.480 e. The summed E-state index contributed by atoms with van der Waals surface area (Å²) in [7, 11) is 0. The summed E-state index contributed by atoms with van der Waals surface area (Å²) < 4.78 is 0. The molecule has 5 atom stereocenters. The number of rotatable bonds is 4. The summed E-state index contributed by atoms with van der Waals surface area (Å²) in [5, 5.41) is 42.3. The molecule has 1 aliphatic heterocycles. The predicted molar refractivity (Wildman–Crippen MR) is 89.5 cm³/mol. The number of nitrogen functional groups attached to an aromatic ring is 1. The lowest BCUT2D eigenvalue weighted by atomic mass is 9.93. The quantitative estimate of drug-likeness (QED) is 0.351. The van der Waals surface area contributed by atoms with Gasteiger partial charge in [-0.1, -0.05) is 12.1 Å². The molecule has 1 aromatic heterocycles. The van der Waals surface area contributed by atoms with Crippen molar-refractivity contribution >= 4 is 22.7 Å². The first-order valence-electron chi connectivity index (χ1n) is 7.75.